The van der Waals surface area contributed by atoms with Gasteiger partial charge in [0.25, 0.3) is 0 Å². The van der Waals surface area contributed by atoms with E-state index in [9.17, 15) is 4.79 Å². The number of ether oxygens (including phenoxy) is 2. The molecule has 0 spiro atoms. The van der Waals surface area contributed by atoms with Gasteiger partial charge in [0, 0.05) is 22.9 Å². The maximum atomic E-state index is 12.5. The molecule has 0 aliphatic rings. The van der Waals surface area contributed by atoms with Gasteiger partial charge < -0.3 is 9.47 Å². The summed E-state index contributed by atoms with van der Waals surface area (Å²) in [6.45, 7) is 2.77. The minimum absolute atomic E-state index is 0.0563. The first kappa shape index (κ1) is 17.9. The molecule has 0 N–H and O–H groups in total. The molecule has 0 aromatic heterocycles. The maximum absolute atomic E-state index is 12.5. The fourth-order valence-corrected chi connectivity index (χ4v) is 2.07. The molecule has 4 heteroatoms. The van der Waals surface area contributed by atoms with Crippen molar-refractivity contribution in [2.75, 3.05) is 19.1 Å². The van der Waals surface area contributed by atoms with Gasteiger partial charge in [0.2, 0.25) is 0 Å². The largest absolute Gasteiger partial charge is 0.493 e. The Balaban J connectivity index is 2.00. The number of hydrogen-bond acceptors (Lipinski definition) is 3. The Morgan fingerprint density at radius 2 is 1.54 bits per heavy atom. The normalized spacial score (nSPS) is 11.4. The van der Waals surface area contributed by atoms with E-state index in [0.717, 1.165) is 5.75 Å². The lowest BCUT2D eigenvalue weighted by molar-refractivity contribution is 0.103. The van der Waals surface area contributed by atoms with Crippen molar-refractivity contribution in [3.05, 3.63) is 59.7 Å². The van der Waals surface area contributed by atoms with Gasteiger partial charge in [-0.2, -0.15) is 0 Å². The molecule has 0 amide bonds. The summed E-state index contributed by atoms with van der Waals surface area (Å²) in [7, 11) is 0. The maximum Gasteiger partial charge on any atom is 0.193 e. The second-order valence-corrected chi connectivity index (χ2v) is 5.75. The standard InChI is InChI=1S/C20H19ClO3/c1-3-12-23-18-8-4-16(5-9-18)20(22)17-6-10-19(11-7-17)24-14-15(2)13-21/h1,4-11,15H,12-14H2,2H3/t15-/m0/s1. The summed E-state index contributed by atoms with van der Waals surface area (Å²) < 4.78 is 10.9. The van der Waals surface area contributed by atoms with Crippen molar-refractivity contribution in [1.82, 2.24) is 0 Å². The highest BCUT2D eigenvalue weighted by Crippen LogP contribution is 2.18. The number of benzene rings is 2. The highest BCUT2D eigenvalue weighted by Gasteiger charge is 2.10. The second kappa shape index (κ2) is 9.00. The topological polar surface area (TPSA) is 35.5 Å². The van der Waals surface area contributed by atoms with E-state index in [1.165, 1.54) is 0 Å². The molecule has 0 saturated carbocycles. The molecule has 0 heterocycles. The van der Waals surface area contributed by atoms with Crippen LogP contribution in [0.3, 0.4) is 0 Å². The zero-order valence-corrected chi connectivity index (χ0v) is 14.3. The lowest BCUT2D eigenvalue weighted by Gasteiger charge is -2.10. The number of ketones is 1. The molecule has 0 fully saturated rings. The summed E-state index contributed by atoms with van der Waals surface area (Å²) in [5.74, 6) is 4.54. The molecule has 0 unspecified atom stereocenters. The Kier molecular flexibility index (Phi) is 6.72. The molecule has 2 aromatic carbocycles. The number of carbonyl (C=O) groups excluding carboxylic acids is 1. The molecular formula is C20H19ClO3. The third kappa shape index (κ3) is 5.04. The van der Waals surface area contributed by atoms with Crippen LogP contribution in [0.1, 0.15) is 22.8 Å². The Labute approximate surface area is 147 Å². The number of halogens is 1. The van der Waals surface area contributed by atoms with Gasteiger partial charge >= 0.3 is 0 Å². The van der Waals surface area contributed by atoms with Crippen LogP contribution in [0.4, 0.5) is 0 Å². The van der Waals surface area contributed by atoms with Crippen LogP contribution in [0.5, 0.6) is 11.5 Å². The van der Waals surface area contributed by atoms with E-state index in [0.29, 0.717) is 29.4 Å². The van der Waals surface area contributed by atoms with Gasteiger partial charge in [0.05, 0.1) is 6.61 Å². The Morgan fingerprint density at radius 3 is 2.00 bits per heavy atom. The van der Waals surface area contributed by atoms with Gasteiger partial charge in [0.15, 0.2) is 5.78 Å². The molecule has 0 saturated heterocycles. The molecular weight excluding hydrogens is 324 g/mol. The quantitative estimate of drug-likeness (QED) is 0.410. The van der Waals surface area contributed by atoms with Crippen LogP contribution >= 0.6 is 11.6 Å². The van der Waals surface area contributed by atoms with Crippen molar-refractivity contribution in [1.29, 1.82) is 0 Å². The minimum Gasteiger partial charge on any atom is -0.493 e. The lowest BCUT2D eigenvalue weighted by Crippen LogP contribution is -2.09. The monoisotopic (exact) mass is 342 g/mol. The van der Waals surface area contributed by atoms with Crippen molar-refractivity contribution in [3.8, 4) is 23.8 Å². The summed E-state index contributed by atoms with van der Waals surface area (Å²) >= 11 is 5.75. The Bertz CT molecular complexity index is 699. The van der Waals surface area contributed by atoms with Crippen molar-refractivity contribution in [2.24, 2.45) is 5.92 Å². The van der Waals surface area contributed by atoms with Crippen LogP contribution in [0.15, 0.2) is 48.5 Å². The first-order valence-corrected chi connectivity index (χ1v) is 8.17. The molecule has 24 heavy (non-hydrogen) atoms. The van der Waals surface area contributed by atoms with Crippen LogP contribution in [0, 0.1) is 18.3 Å². The molecule has 0 aliphatic heterocycles. The predicted octanol–water partition coefficient (Wildman–Crippen LogP) is 4.18. The first-order valence-electron chi connectivity index (χ1n) is 7.64. The second-order valence-electron chi connectivity index (χ2n) is 5.44. The van der Waals surface area contributed by atoms with Crippen molar-refractivity contribution in [3.63, 3.8) is 0 Å². The molecule has 0 bridgehead atoms. The highest BCUT2D eigenvalue weighted by atomic mass is 35.5. The average molecular weight is 343 g/mol. The van der Waals surface area contributed by atoms with E-state index in [1.807, 2.05) is 6.92 Å². The lowest BCUT2D eigenvalue weighted by atomic mass is 10.0. The van der Waals surface area contributed by atoms with Gasteiger partial charge in [-0.05, 0) is 48.5 Å². The third-order valence-corrected chi connectivity index (χ3v) is 3.88. The average Bonchev–Trinajstić information content (AvgIpc) is 2.64. The molecule has 0 aliphatic carbocycles. The minimum atomic E-state index is -0.0563. The van der Waals surface area contributed by atoms with E-state index >= 15 is 0 Å². The Hall–Kier alpha value is -2.44. The highest BCUT2D eigenvalue weighted by molar-refractivity contribution is 6.18. The molecule has 0 radical (unpaired) electrons. The first-order chi connectivity index (χ1) is 11.6. The summed E-state index contributed by atoms with van der Waals surface area (Å²) in [5.41, 5.74) is 1.19. The molecule has 124 valence electrons. The van der Waals surface area contributed by atoms with Crippen molar-refractivity contribution >= 4 is 17.4 Å². The fourth-order valence-electron chi connectivity index (χ4n) is 1.98. The zero-order chi connectivity index (χ0) is 17.4. The molecule has 1 atom stereocenters. The number of carbonyl (C=O) groups is 1. The van der Waals surface area contributed by atoms with Crippen LogP contribution < -0.4 is 9.47 Å². The van der Waals surface area contributed by atoms with Gasteiger partial charge in [-0.3, -0.25) is 4.79 Å². The van der Waals surface area contributed by atoms with Gasteiger partial charge in [-0.25, -0.2) is 0 Å². The van der Waals surface area contributed by atoms with Crippen molar-refractivity contribution < 1.29 is 14.3 Å². The van der Waals surface area contributed by atoms with E-state index in [2.05, 4.69) is 5.92 Å². The van der Waals surface area contributed by atoms with Gasteiger partial charge in [-0.15, -0.1) is 18.0 Å². The third-order valence-electron chi connectivity index (χ3n) is 3.35. The molecule has 2 rings (SSSR count). The van der Waals surface area contributed by atoms with Crippen LogP contribution in [0.2, 0.25) is 0 Å². The van der Waals surface area contributed by atoms with Crippen LogP contribution in [-0.4, -0.2) is 24.9 Å². The number of alkyl halides is 1. The fraction of sp³-hybridized carbons (Fsp3) is 0.250. The van der Waals surface area contributed by atoms with E-state index < -0.39 is 0 Å². The van der Waals surface area contributed by atoms with E-state index in [1.54, 1.807) is 48.5 Å². The molecule has 2 aromatic rings. The number of terminal acetylenes is 1. The molecule has 3 nitrogen and oxygen atoms in total. The van der Waals surface area contributed by atoms with Crippen molar-refractivity contribution in [2.45, 2.75) is 6.92 Å². The predicted molar refractivity (Wildman–Crippen MR) is 96.0 cm³/mol. The number of rotatable bonds is 8. The summed E-state index contributed by atoms with van der Waals surface area (Å²) in [4.78, 5) is 12.5. The smallest absolute Gasteiger partial charge is 0.193 e. The summed E-state index contributed by atoms with van der Waals surface area (Å²) in [6, 6.07) is 14.0. The SMILES string of the molecule is C#CCOc1ccc(C(=O)c2ccc(OC[C@@H](C)CCl)cc2)cc1. The van der Waals surface area contributed by atoms with E-state index in [-0.39, 0.29) is 18.3 Å². The Morgan fingerprint density at radius 1 is 1.04 bits per heavy atom. The van der Waals surface area contributed by atoms with Crippen LogP contribution in [0.25, 0.3) is 0 Å². The van der Waals surface area contributed by atoms with Gasteiger partial charge in [-0.1, -0.05) is 12.8 Å². The van der Waals surface area contributed by atoms with E-state index in [4.69, 9.17) is 27.5 Å². The number of hydrogen-bond donors (Lipinski definition) is 0. The summed E-state index contributed by atoms with van der Waals surface area (Å²) in [6.07, 6.45) is 5.14. The zero-order valence-electron chi connectivity index (χ0n) is 13.5. The van der Waals surface area contributed by atoms with Crippen LogP contribution in [-0.2, 0) is 0 Å². The van der Waals surface area contributed by atoms with Gasteiger partial charge in [0.1, 0.15) is 18.1 Å². The summed E-state index contributed by atoms with van der Waals surface area (Å²) in [5, 5.41) is 0.